The lowest BCUT2D eigenvalue weighted by Crippen LogP contribution is -2.51. The molecule has 0 saturated carbocycles. The number of aryl methyl sites for hydroxylation is 1. The van der Waals surface area contributed by atoms with Crippen LogP contribution in [-0.2, 0) is 0 Å². The Morgan fingerprint density at radius 2 is 2.24 bits per heavy atom. The van der Waals surface area contributed by atoms with Crippen molar-refractivity contribution in [3.63, 3.8) is 0 Å². The first-order chi connectivity index (χ1) is 8.15. The van der Waals surface area contributed by atoms with Gasteiger partial charge in [-0.3, -0.25) is 4.79 Å². The van der Waals surface area contributed by atoms with Gasteiger partial charge >= 0.3 is 0 Å². The van der Waals surface area contributed by atoms with Crippen LogP contribution >= 0.6 is 11.8 Å². The van der Waals surface area contributed by atoms with E-state index in [1.165, 1.54) is 0 Å². The van der Waals surface area contributed by atoms with E-state index in [2.05, 4.69) is 0 Å². The predicted molar refractivity (Wildman–Crippen MR) is 69.4 cm³/mol. The lowest BCUT2D eigenvalue weighted by molar-refractivity contribution is 0.0361. The summed E-state index contributed by atoms with van der Waals surface area (Å²) in [5, 5.41) is 8.95. The summed E-state index contributed by atoms with van der Waals surface area (Å²) in [6.07, 6.45) is 2.00. The SMILES string of the molecule is CSc1ccc(C)c(C(=O)N2CC(CO)C2)c1. The van der Waals surface area contributed by atoms with E-state index < -0.39 is 0 Å². The van der Waals surface area contributed by atoms with E-state index >= 15 is 0 Å². The molecule has 0 unspecified atom stereocenters. The first-order valence-electron chi connectivity index (χ1n) is 5.70. The van der Waals surface area contributed by atoms with Crippen LogP contribution in [0.5, 0.6) is 0 Å². The molecule has 92 valence electrons. The number of benzene rings is 1. The van der Waals surface area contributed by atoms with E-state index in [4.69, 9.17) is 5.11 Å². The number of rotatable bonds is 3. The van der Waals surface area contributed by atoms with E-state index in [0.29, 0.717) is 13.1 Å². The molecule has 1 aliphatic rings. The van der Waals surface area contributed by atoms with E-state index in [0.717, 1.165) is 16.0 Å². The molecule has 0 aliphatic carbocycles. The highest BCUT2D eigenvalue weighted by Gasteiger charge is 2.31. The van der Waals surface area contributed by atoms with Crippen molar-refractivity contribution in [1.82, 2.24) is 4.90 Å². The van der Waals surface area contributed by atoms with Crippen LogP contribution in [0, 0.1) is 12.8 Å². The lowest BCUT2D eigenvalue weighted by Gasteiger charge is -2.38. The Kier molecular flexibility index (Phi) is 3.74. The summed E-state index contributed by atoms with van der Waals surface area (Å²) in [7, 11) is 0. The van der Waals surface area contributed by atoms with Crippen LogP contribution in [0.4, 0.5) is 0 Å². The second-order valence-corrected chi connectivity index (χ2v) is 5.32. The number of carbonyl (C=O) groups is 1. The maximum absolute atomic E-state index is 12.2. The highest BCUT2D eigenvalue weighted by atomic mass is 32.2. The minimum absolute atomic E-state index is 0.0862. The summed E-state index contributed by atoms with van der Waals surface area (Å²) in [6, 6.07) is 5.97. The Hall–Kier alpha value is -1.00. The van der Waals surface area contributed by atoms with Crippen molar-refractivity contribution in [3.05, 3.63) is 29.3 Å². The third kappa shape index (κ3) is 2.48. The molecule has 1 aromatic carbocycles. The van der Waals surface area contributed by atoms with Gasteiger partial charge in [-0.2, -0.15) is 0 Å². The van der Waals surface area contributed by atoms with Gasteiger partial charge < -0.3 is 10.0 Å². The second kappa shape index (κ2) is 5.10. The number of aliphatic hydroxyl groups is 1. The van der Waals surface area contributed by atoms with Crippen molar-refractivity contribution >= 4 is 17.7 Å². The molecule has 0 spiro atoms. The maximum atomic E-state index is 12.2. The zero-order valence-corrected chi connectivity index (χ0v) is 11.0. The van der Waals surface area contributed by atoms with Gasteiger partial charge in [-0.25, -0.2) is 0 Å². The summed E-state index contributed by atoms with van der Waals surface area (Å²) in [5.74, 6) is 0.353. The monoisotopic (exact) mass is 251 g/mol. The molecule has 17 heavy (non-hydrogen) atoms. The Morgan fingerprint density at radius 3 is 2.82 bits per heavy atom. The van der Waals surface area contributed by atoms with E-state index in [-0.39, 0.29) is 18.4 Å². The number of hydrogen-bond acceptors (Lipinski definition) is 3. The van der Waals surface area contributed by atoms with Crippen molar-refractivity contribution in [1.29, 1.82) is 0 Å². The van der Waals surface area contributed by atoms with Crippen LogP contribution in [0.2, 0.25) is 0 Å². The zero-order valence-electron chi connectivity index (χ0n) is 10.1. The zero-order chi connectivity index (χ0) is 12.4. The number of amides is 1. The molecule has 0 aromatic heterocycles. The molecular weight excluding hydrogens is 234 g/mol. The third-order valence-corrected chi connectivity index (χ3v) is 3.90. The summed E-state index contributed by atoms with van der Waals surface area (Å²) in [5.41, 5.74) is 1.80. The quantitative estimate of drug-likeness (QED) is 0.833. The molecule has 1 heterocycles. The first-order valence-corrected chi connectivity index (χ1v) is 6.93. The number of hydrogen-bond donors (Lipinski definition) is 1. The number of carbonyl (C=O) groups excluding carboxylic acids is 1. The topological polar surface area (TPSA) is 40.5 Å². The molecule has 1 saturated heterocycles. The molecule has 1 amide bonds. The van der Waals surface area contributed by atoms with Gasteiger partial charge in [-0.1, -0.05) is 6.07 Å². The number of aliphatic hydroxyl groups excluding tert-OH is 1. The Labute approximate surface area is 106 Å². The predicted octanol–water partition coefficient (Wildman–Crippen LogP) is 1.78. The number of thioether (sulfide) groups is 1. The Morgan fingerprint density at radius 1 is 1.53 bits per heavy atom. The lowest BCUT2D eigenvalue weighted by atomic mass is 9.98. The van der Waals surface area contributed by atoms with Gasteiger partial charge in [0.2, 0.25) is 0 Å². The molecule has 3 nitrogen and oxygen atoms in total. The standard InChI is InChI=1S/C13H17NO2S/c1-9-3-4-11(17-2)5-12(9)13(16)14-6-10(7-14)8-15/h3-5,10,15H,6-8H2,1-2H3. The summed E-state index contributed by atoms with van der Waals surface area (Å²) >= 11 is 1.64. The fourth-order valence-electron chi connectivity index (χ4n) is 1.98. The highest BCUT2D eigenvalue weighted by Crippen LogP contribution is 2.23. The van der Waals surface area contributed by atoms with Crippen molar-refractivity contribution in [2.45, 2.75) is 11.8 Å². The van der Waals surface area contributed by atoms with Gasteiger partial charge in [-0.15, -0.1) is 11.8 Å². The molecule has 0 bridgehead atoms. The fourth-order valence-corrected chi connectivity index (χ4v) is 2.42. The van der Waals surface area contributed by atoms with Crippen molar-refractivity contribution < 1.29 is 9.90 Å². The third-order valence-electron chi connectivity index (χ3n) is 3.18. The molecule has 1 fully saturated rings. The van der Waals surface area contributed by atoms with Crippen LogP contribution in [-0.4, -0.2) is 41.9 Å². The fraction of sp³-hybridized carbons (Fsp3) is 0.462. The molecule has 2 rings (SSSR count). The van der Waals surface area contributed by atoms with Crippen LogP contribution < -0.4 is 0 Å². The minimum Gasteiger partial charge on any atom is -0.396 e. The van der Waals surface area contributed by atoms with Gasteiger partial charge in [0.05, 0.1) is 0 Å². The minimum atomic E-state index is 0.0862. The van der Waals surface area contributed by atoms with Crippen LogP contribution in [0.15, 0.2) is 23.1 Å². The van der Waals surface area contributed by atoms with Gasteiger partial charge in [0, 0.05) is 36.1 Å². The molecule has 0 radical (unpaired) electrons. The smallest absolute Gasteiger partial charge is 0.254 e. The van der Waals surface area contributed by atoms with Crippen molar-refractivity contribution in [2.24, 2.45) is 5.92 Å². The van der Waals surface area contributed by atoms with Crippen LogP contribution in [0.3, 0.4) is 0 Å². The first kappa shape index (κ1) is 12.5. The Bertz CT molecular complexity index is 427. The van der Waals surface area contributed by atoms with E-state index in [1.54, 1.807) is 16.7 Å². The number of nitrogens with zero attached hydrogens (tertiary/aromatic N) is 1. The second-order valence-electron chi connectivity index (χ2n) is 4.44. The van der Waals surface area contributed by atoms with Crippen molar-refractivity contribution in [3.8, 4) is 0 Å². The summed E-state index contributed by atoms with van der Waals surface area (Å²) < 4.78 is 0. The number of likely N-dealkylation sites (tertiary alicyclic amines) is 1. The average Bonchev–Trinajstić information content (AvgIpc) is 2.28. The largest absolute Gasteiger partial charge is 0.396 e. The molecule has 1 N–H and O–H groups in total. The molecule has 0 atom stereocenters. The summed E-state index contributed by atoms with van der Waals surface area (Å²) in [4.78, 5) is 15.1. The average molecular weight is 251 g/mol. The van der Waals surface area contributed by atoms with Gasteiger partial charge in [0.1, 0.15) is 0 Å². The van der Waals surface area contributed by atoms with Gasteiger partial charge in [0.25, 0.3) is 5.91 Å². The molecular formula is C13H17NO2S. The van der Waals surface area contributed by atoms with E-state index in [9.17, 15) is 4.79 Å². The summed E-state index contributed by atoms with van der Waals surface area (Å²) in [6.45, 7) is 3.49. The molecule has 4 heteroatoms. The maximum Gasteiger partial charge on any atom is 0.254 e. The highest BCUT2D eigenvalue weighted by molar-refractivity contribution is 7.98. The Balaban J connectivity index is 2.14. The molecule has 1 aliphatic heterocycles. The van der Waals surface area contributed by atoms with Gasteiger partial charge in [-0.05, 0) is 30.9 Å². The van der Waals surface area contributed by atoms with Gasteiger partial charge in [0.15, 0.2) is 0 Å². The molecule has 1 aromatic rings. The van der Waals surface area contributed by atoms with E-state index in [1.807, 2.05) is 31.4 Å². The van der Waals surface area contributed by atoms with Crippen molar-refractivity contribution in [2.75, 3.05) is 26.0 Å². The van der Waals surface area contributed by atoms with Crippen LogP contribution in [0.25, 0.3) is 0 Å². The van der Waals surface area contributed by atoms with Crippen LogP contribution in [0.1, 0.15) is 15.9 Å². The normalized spacial score (nSPS) is 15.8.